The number of nitrogens with one attached hydrogen (secondary N) is 1. The lowest BCUT2D eigenvalue weighted by Crippen LogP contribution is -2.44. The molecule has 0 radical (unpaired) electrons. The van der Waals surface area contributed by atoms with Crippen LogP contribution in [-0.2, 0) is 4.79 Å². The monoisotopic (exact) mass is 359 g/mol. The van der Waals surface area contributed by atoms with E-state index in [1.54, 1.807) is 18.3 Å². The molecular weight excluding hydrogens is 338 g/mol. The van der Waals surface area contributed by atoms with Gasteiger partial charge in [0.2, 0.25) is 5.95 Å². The normalized spacial score (nSPS) is 24.3. The van der Waals surface area contributed by atoms with Gasteiger partial charge in [-0.05, 0) is 62.7 Å². The summed E-state index contributed by atoms with van der Waals surface area (Å²) < 4.78 is 0. The SMILES string of the molecule is O=C1NC(=O)/C(=C/c2ccnc(N3CCC(N4CCCC4)CC3)n2)S1. The number of hydrogen-bond acceptors (Lipinski definition) is 7. The molecule has 3 saturated heterocycles. The van der Waals surface area contributed by atoms with Crippen LogP contribution in [0, 0.1) is 0 Å². The van der Waals surface area contributed by atoms with Gasteiger partial charge in [0.25, 0.3) is 11.1 Å². The minimum Gasteiger partial charge on any atom is -0.341 e. The van der Waals surface area contributed by atoms with Gasteiger partial charge in [-0.15, -0.1) is 0 Å². The summed E-state index contributed by atoms with van der Waals surface area (Å²) in [5.74, 6) is 0.338. The van der Waals surface area contributed by atoms with Crippen LogP contribution in [0.25, 0.3) is 6.08 Å². The second-order valence-corrected chi connectivity index (χ2v) is 7.61. The van der Waals surface area contributed by atoms with Crippen LogP contribution in [0.1, 0.15) is 31.4 Å². The molecule has 132 valence electrons. The maximum absolute atomic E-state index is 11.7. The summed E-state index contributed by atoms with van der Waals surface area (Å²) in [6.45, 7) is 4.38. The molecule has 0 aromatic carbocycles. The van der Waals surface area contributed by atoms with Gasteiger partial charge < -0.3 is 9.80 Å². The largest absolute Gasteiger partial charge is 0.341 e. The minimum atomic E-state index is -0.360. The maximum atomic E-state index is 11.7. The van der Waals surface area contributed by atoms with E-state index in [0.717, 1.165) is 37.7 Å². The third kappa shape index (κ3) is 3.69. The van der Waals surface area contributed by atoms with Crippen LogP contribution < -0.4 is 10.2 Å². The summed E-state index contributed by atoms with van der Waals surface area (Å²) in [5.41, 5.74) is 0.652. The molecular formula is C17H21N5O2S. The standard InChI is InChI=1S/C17H21N5O2S/c23-15-14(25-17(24)20-15)11-12-3-6-18-16(19-12)22-9-4-13(5-10-22)21-7-1-2-8-21/h3,6,11,13H,1-2,4-5,7-10H2,(H,20,23,24)/b14-11-. The number of nitrogens with zero attached hydrogens (tertiary/aromatic N) is 4. The van der Waals surface area contributed by atoms with Crippen molar-refractivity contribution in [3.8, 4) is 0 Å². The van der Waals surface area contributed by atoms with E-state index in [1.165, 1.54) is 25.9 Å². The molecule has 0 atom stereocenters. The predicted molar refractivity (Wildman–Crippen MR) is 97.2 cm³/mol. The van der Waals surface area contributed by atoms with Gasteiger partial charge in [-0.25, -0.2) is 9.97 Å². The molecule has 2 amide bonds. The third-order valence-corrected chi connectivity index (χ3v) is 5.80. The Morgan fingerprint density at radius 2 is 1.92 bits per heavy atom. The summed E-state index contributed by atoms with van der Waals surface area (Å²) in [7, 11) is 0. The van der Waals surface area contributed by atoms with Gasteiger partial charge >= 0.3 is 0 Å². The van der Waals surface area contributed by atoms with Crippen LogP contribution in [0.2, 0.25) is 0 Å². The van der Waals surface area contributed by atoms with Crippen LogP contribution in [0.3, 0.4) is 0 Å². The van der Waals surface area contributed by atoms with E-state index in [2.05, 4.69) is 25.1 Å². The minimum absolute atomic E-state index is 0.338. The molecule has 7 nitrogen and oxygen atoms in total. The Morgan fingerprint density at radius 3 is 2.60 bits per heavy atom. The molecule has 0 spiro atoms. The molecule has 0 bridgehead atoms. The van der Waals surface area contributed by atoms with Crippen LogP contribution in [0.4, 0.5) is 10.7 Å². The summed E-state index contributed by atoms with van der Waals surface area (Å²) in [6.07, 6.45) is 8.29. The Balaban J connectivity index is 1.43. The van der Waals surface area contributed by atoms with Crippen LogP contribution in [0.15, 0.2) is 17.2 Å². The fraction of sp³-hybridized carbons (Fsp3) is 0.529. The van der Waals surface area contributed by atoms with Crippen LogP contribution in [-0.4, -0.2) is 58.2 Å². The van der Waals surface area contributed by atoms with E-state index >= 15 is 0 Å². The lowest BCUT2D eigenvalue weighted by molar-refractivity contribution is -0.115. The fourth-order valence-corrected chi connectivity index (χ4v) is 4.35. The number of carbonyl (C=O) groups excluding carboxylic acids is 2. The topological polar surface area (TPSA) is 78.4 Å². The van der Waals surface area contributed by atoms with Crippen molar-refractivity contribution in [2.24, 2.45) is 0 Å². The first-order chi connectivity index (χ1) is 12.2. The van der Waals surface area contributed by atoms with E-state index in [1.807, 2.05) is 0 Å². The molecule has 25 heavy (non-hydrogen) atoms. The van der Waals surface area contributed by atoms with Crippen molar-refractivity contribution in [1.29, 1.82) is 0 Å². The lowest BCUT2D eigenvalue weighted by atomic mass is 10.0. The smallest absolute Gasteiger partial charge is 0.290 e. The maximum Gasteiger partial charge on any atom is 0.290 e. The average molecular weight is 359 g/mol. The van der Waals surface area contributed by atoms with Crippen LogP contribution >= 0.6 is 11.8 Å². The number of anilines is 1. The highest BCUT2D eigenvalue weighted by molar-refractivity contribution is 8.18. The fourth-order valence-electron chi connectivity index (χ4n) is 3.69. The van der Waals surface area contributed by atoms with Crippen molar-refractivity contribution in [2.75, 3.05) is 31.1 Å². The second-order valence-electron chi connectivity index (χ2n) is 6.60. The molecule has 3 aliphatic heterocycles. The first-order valence-corrected chi connectivity index (χ1v) is 9.57. The molecule has 0 unspecified atom stereocenters. The zero-order chi connectivity index (χ0) is 17.2. The highest BCUT2D eigenvalue weighted by atomic mass is 32.2. The van der Waals surface area contributed by atoms with Crippen molar-refractivity contribution >= 4 is 34.9 Å². The van der Waals surface area contributed by atoms with Crippen molar-refractivity contribution in [3.05, 3.63) is 22.9 Å². The summed E-state index contributed by atoms with van der Waals surface area (Å²) >= 11 is 0.906. The molecule has 3 aliphatic rings. The number of piperidine rings is 1. The second kappa shape index (κ2) is 7.13. The Labute approximate surface area is 150 Å². The van der Waals surface area contributed by atoms with Gasteiger partial charge in [0.05, 0.1) is 10.6 Å². The van der Waals surface area contributed by atoms with E-state index in [4.69, 9.17) is 0 Å². The molecule has 1 aromatic rings. The Morgan fingerprint density at radius 1 is 1.16 bits per heavy atom. The van der Waals surface area contributed by atoms with Gasteiger partial charge in [0, 0.05) is 25.3 Å². The number of hydrogen-bond donors (Lipinski definition) is 1. The van der Waals surface area contributed by atoms with Crippen molar-refractivity contribution in [3.63, 3.8) is 0 Å². The number of carbonyl (C=O) groups is 2. The number of likely N-dealkylation sites (tertiary alicyclic amines) is 1. The molecule has 8 heteroatoms. The zero-order valence-electron chi connectivity index (χ0n) is 14.0. The number of aromatic nitrogens is 2. The van der Waals surface area contributed by atoms with Gasteiger partial charge in [-0.1, -0.05) is 0 Å². The van der Waals surface area contributed by atoms with Gasteiger partial charge in [0.15, 0.2) is 0 Å². The predicted octanol–water partition coefficient (Wildman–Crippen LogP) is 1.87. The van der Waals surface area contributed by atoms with Gasteiger partial charge in [-0.3, -0.25) is 14.9 Å². The number of imide groups is 1. The van der Waals surface area contributed by atoms with E-state index in [-0.39, 0.29) is 11.1 Å². The highest BCUT2D eigenvalue weighted by Gasteiger charge is 2.28. The lowest BCUT2D eigenvalue weighted by Gasteiger charge is -2.36. The molecule has 0 saturated carbocycles. The Hall–Kier alpha value is -1.93. The van der Waals surface area contributed by atoms with E-state index in [9.17, 15) is 9.59 Å². The number of thioether (sulfide) groups is 1. The van der Waals surface area contributed by atoms with Crippen molar-refractivity contribution in [2.45, 2.75) is 31.7 Å². The zero-order valence-corrected chi connectivity index (χ0v) is 14.8. The first-order valence-electron chi connectivity index (χ1n) is 8.76. The molecule has 3 fully saturated rings. The molecule has 4 heterocycles. The number of rotatable bonds is 3. The quantitative estimate of drug-likeness (QED) is 0.825. The Kier molecular flexibility index (Phi) is 4.72. The van der Waals surface area contributed by atoms with Crippen molar-refractivity contribution in [1.82, 2.24) is 20.2 Å². The highest BCUT2D eigenvalue weighted by Crippen LogP contribution is 2.26. The summed E-state index contributed by atoms with van der Waals surface area (Å²) in [5, 5.41) is 1.92. The van der Waals surface area contributed by atoms with E-state index < -0.39 is 0 Å². The third-order valence-electron chi connectivity index (χ3n) is 4.99. The molecule has 4 rings (SSSR count). The van der Waals surface area contributed by atoms with Gasteiger partial charge in [0.1, 0.15) is 0 Å². The summed E-state index contributed by atoms with van der Waals surface area (Å²) in [6, 6.07) is 2.44. The van der Waals surface area contributed by atoms with Gasteiger partial charge in [-0.2, -0.15) is 0 Å². The molecule has 0 aliphatic carbocycles. The summed E-state index contributed by atoms with van der Waals surface area (Å²) in [4.78, 5) is 37.1. The molecule has 1 aromatic heterocycles. The first kappa shape index (κ1) is 16.5. The number of amides is 2. The van der Waals surface area contributed by atoms with Crippen LogP contribution in [0.5, 0.6) is 0 Å². The van der Waals surface area contributed by atoms with Crippen molar-refractivity contribution < 1.29 is 9.59 Å². The molecule has 1 N–H and O–H groups in total. The average Bonchev–Trinajstić information content (AvgIpc) is 3.26. The van der Waals surface area contributed by atoms with E-state index in [0.29, 0.717) is 22.6 Å². The Bertz CT molecular complexity index is 709.